The second-order valence-corrected chi connectivity index (χ2v) is 10.0. The maximum absolute atomic E-state index is 5.95. The van der Waals surface area contributed by atoms with Crippen LogP contribution in [-0.2, 0) is 5.41 Å². The van der Waals surface area contributed by atoms with Gasteiger partial charge in [-0.1, -0.05) is 33.3 Å². The highest BCUT2D eigenvalue weighted by Gasteiger charge is 2.17. The first-order chi connectivity index (χ1) is 14.9. The Labute approximate surface area is 186 Å². The van der Waals surface area contributed by atoms with Crippen molar-refractivity contribution in [1.82, 2.24) is 19.9 Å². The molecule has 2 aromatic heterocycles. The summed E-state index contributed by atoms with van der Waals surface area (Å²) in [6.07, 6.45) is 8.12. The molecule has 0 atom stereocenters. The molecule has 0 amide bonds. The average Bonchev–Trinajstić information content (AvgIpc) is 3.18. The summed E-state index contributed by atoms with van der Waals surface area (Å²) in [7, 11) is 2.22. The van der Waals surface area contributed by atoms with Crippen LogP contribution in [0.3, 0.4) is 0 Å². The van der Waals surface area contributed by atoms with Gasteiger partial charge in [-0.05, 0) is 80.9 Å². The number of hydrogen-bond acceptors (Lipinski definition) is 4. The van der Waals surface area contributed by atoms with Crippen molar-refractivity contribution < 1.29 is 4.74 Å². The van der Waals surface area contributed by atoms with Gasteiger partial charge >= 0.3 is 0 Å². The lowest BCUT2D eigenvalue weighted by Gasteiger charge is -2.28. The van der Waals surface area contributed by atoms with Gasteiger partial charge in [0.15, 0.2) is 0 Å². The SMILES string of the molecule is CN1CCC(CCCCOc2cc(-c3nc4ccc(C(C)(C)C)cc4[nH]3)ccn2)CC1. The summed E-state index contributed by atoms with van der Waals surface area (Å²) >= 11 is 0. The van der Waals surface area contributed by atoms with E-state index in [-0.39, 0.29) is 5.41 Å². The monoisotopic (exact) mass is 420 g/mol. The minimum atomic E-state index is 0.116. The van der Waals surface area contributed by atoms with Crippen molar-refractivity contribution in [3.63, 3.8) is 0 Å². The molecule has 1 aliphatic heterocycles. The molecule has 0 saturated carbocycles. The van der Waals surface area contributed by atoms with Crippen molar-refractivity contribution in [3.05, 3.63) is 42.1 Å². The minimum absolute atomic E-state index is 0.116. The van der Waals surface area contributed by atoms with Crippen LogP contribution in [0.15, 0.2) is 36.5 Å². The number of fused-ring (bicyclic) bond motifs is 1. The van der Waals surface area contributed by atoms with Crippen LogP contribution in [0.4, 0.5) is 0 Å². The Balaban J connectivity index is 1.33. The number of likely N-dealkylation sites (tertiary alicyclic amines) is 1. The number of piperidine rings is 1. The first kappa shape index (κ1) is 21.8. The lowest BCUT2D eigenvalue weighted by atomic mass is 9.87. The van der Waals surface area contributed by atoms with E-state index in [0.717, 1.165) is 41.4 Å². The van der Waals surface area contributed by atoms with Crippen LogP contribution in [0.25, 0.3) is 22.4 Å². The lowest BCUT2D eigenvalue weighted by Crippen LogP contribution is -2.30. The fourth-order valence-electron chi connectivity index (χ4n) is 4.31. The number of pyridine rings is 1. The number of nitrogens with one attached hydrogen (secondary N) is 1. The largest absolute Gasteiger partial charge is 0.478 e. The van der Waals surface area contributed by atoms with E-state index in [0.29, 0.717) is 5.88 Å². The topological polar surface area (TPSA) is 54.0 Å². The van der Waals surface area contributed by atoms with Crippen molar-refractivity contribution in [2.75, 3.05) is 26.7 Å². The summed E-state index contributed by atoms with van der Waals surface area (Å²) in [6, 6.07) is 10.4. The van der Waals surface area contributed by atoms with Gasteiger partial charge in [-0.2, -0.15) is 0 Å². The number of aromatic nitrogens is 3. The van der Waals surface area contributed by atoms with Crippen LogP contribution in [-0.4, -0.2) is 46.6 Å². The van der Waals surface area contributed by atoms with Crippen LogP contribution in [0, 0.1) is 5.92 Å². The number of unbranched alkanes of at least 4 members (excludes halogenated alkanes) is 1. The zero-order chi connectivity index (χ0) is 21.8. The van der Waals surface area contributed by atoms with E-state index < -0.39 is 0 Å². The van der Waals surface area contributed by atoms with Crippen LogP contribution < -0.4 is 4.74 Å². The zero-order valence-corrected chi connectivity index (χ0v) is 19.4. The molecule has 1 saturated heterocycles. The molecule has 5 nitrogen and oxygen atoms in total. The van der Waals surface area contributed by atoms with E-state index in [1.165, 1.54) is 44.3 Å². The molecule has 31 heavy (non-hydrogen) atoms. The van der Waals surface area contributed by atoms with E-state index in [4.69, 9.17) is 9.72 Å². The van der Waals surface area contributed by atoms with Crippen molar-refractivity contribution >= 4 is 11.0 Å². The van der Waals surface area contributed by atoms with Gasteiger partial charge in [-0.15, -0.1) is 0 Å². The van der Waals surface area contributed by atoms with E-state index in [2.05, 4.69) is 60.9 Å². The molecule has 0 bridgehead atoms. The fraction of sp³-hybridized carbons (Fsp3) is 0.538. The van der Waals surface area contributed by atoms with Gasteiger partial charge in [0.05, 0.1) is 17.6 Å². The molecular weight excluding hydrogens is 384 g/mol. The fourth-order valence-corrected chi connectivity index (χ4v) is 4.31. The Morgan fingerprint density at radius 3 is 2.68 bits per heavy atom. The first-order valence-electron chi connectivity index (χ1n) is 11.7. The lowest BCUT2D eigenvalue weighted by molar-refractivity contribution is 0.205. The van der Waals surface area contributed by atoms with Gasteiger partial charge < -0.3 is 14.6 Å². The van der Waals surface area contributed by atoms with Gasteiger partial charge in [0.1, 0.15) is 5.82 Å². The van der Waals surface area contributed by atoms with E-state index in [9.17, 15) is 0 Å². The molecular formula is C26H36N4O. The van der Waals surface area contributed by atoms with E-state index in [1.807, 2.05) is 12.1 Å². The van der Waals surface area contributed by atoms with Gasteiger partial charge in [-0.25, -0.2) is 9.97 Å². The summed E-state index contributed by atoms with van der Waals surface area (Å²) < 4.78 is 5.95. The van der Waals surface area contributed by atoms with Gasteiger partial charge in [0, 0.05) is 17.8 Å². The third kappa shape index (κ3) is 5.65. The average molecular weight is 421 g/mol. The number of rotatable bonds is 7. The molecule has 1 fully saturated rings. The van der Waals surface area contributed by atoms with E-state index >= 15 is 0 Å². The number of aromatic amines is 1. The van der Waals surface area contributed by atoms with Gasteiger partial charge in [0.25, 0.3) is 0 Å². The van der Waals surface area contributed by atoms with Crippen molar-refractivity contribution in [2.24, 2.45) is 5.92 Å². The van der Waals surface area contributed by atoms with Crippen molar-refractivity contribution in [3.8, 4) is 17.3 Å². The summed E-state index contributed by atoms with van der Waals surface area (Å²) in [5, 5.41) is 0. The van der Waals surface area contributed by atoms with Gasteiger partial charge in [0.2, 0.25) is 5.88 Å². The first-order valence-corrected chi connectivity index (χ1v) is 11.7. The highest BCUT2D eigenvalue weighted by Crippen LogP contribution is 2.28. The Morgan fingerprint density at radius 1 is 1.10 bits per heavy atom. The van der Waals surface area contributed by atoms with Crippen LogP contribution in [0.5, 0.6) is 5.88 Å². The maximum atomic E-state index is 5.95. The summed E-state index contributed by atoms with van der Waals surface area (Å²) in [5.41, 5.74) is 4.47. The van der Waals surface area contributed by atoms with Crippen molar-refractivity contribution in [2.45, 2.75) is 58.3 Å². The maximum Gasteiger partial charge on any atom is 0.213 e. The molecule has 0 spiro atoms. The predicted molar refractivity (Wildman–Crippen MR) is 128 cm³/mol. The number of ether oxygens (including phenoxy) is 1. The van der Waals surface area contributed by atoms with E-state index in [1.54, 1.807) is 6.20 Å². The van der Waals surface area contributed by atoms with Gasteiger partial charge in [-0.3, -0.25) is 0 Å². The van der Waals surface area contributed by atoms with Crippen LogP contribution in [0.2, 0.25) is 0 Å². The summed E-state index contributed by atoms with van der Waals surface area (Å²) in [5.74, 6) is 2.42. The summed E-state index contributed by atoms with van der Waals surface area (Å²) in [4.78, 5) is 15.1. The molecule has 0 radical (unpaired) electrons. The molecule has 166 valence electrons. The minimum Gasteiger partial charge on any atom is -0.478 e. The molecule has 1 aliphatic rings. The Kier molecular flexibility index (Phi) is 6.61. The van der Waals surface area contributed by atoms with Crippen molar-refractivity contribution in [1.29, 1.82) is 0 Å². The second kappa shape index (κ2) is 9.39. The zero-order valence-electron chi connectivity index (χ0n) is 19.4. The molecule has 3 aromatic rings. The quantitative estimate of drug-likeness (QED) is 0.490. The smallest absolute Gasteiger partial charge is 0.213 e. The standard InChI is InChI=1S/C26H36N4O/c1-26(2,3)21-8-9-22-23(18-21)29-25(28-22)20-10-13-27-24(17-20)31-16-6-5-7-19-11-14-30(4)15-12-19/h8-10,13,17-19H,5-7,11-12,14-16H2,1-4H3,(H,28,29). The molecule has 0 aliphatic carbocycles. The second-order valence-electron chi connectivity index (χ2n) is 10.0. The Bertz CT molecular complexity index is 996. The molecule has 3 heterocycles. The predicted octanol–water partition coefficient (Wildman–Crippen LogP) is 5.81. The normalized spacial score (nSPS) is 16.1. The highest BCUT2D eigenvalue weighted by molar-refractivity contribution is 5.80. The van der Waals surface area contributed by atoms with Crippen LogP contribution >= 0.6 is 0 Å². The Hall–Kier alpha value is -2.40. The Morgan fingerprint density at radius 2 is 1.90 bits per heavy atom. The molecule has 0 unspecified atom stereocenters. The highest BCUT2D eigenvalue weighted by atomic mass is 16.5. The third-order valence-corrected chi connectivity index (χ3v) is 6.45. The molecule has 1 N–H and O–H groups in total. The number of hydrogen-bond donors (Lipinski definition) is 1. The summed E-state index contributed by atoms with van der Waals surface area (Å²) in [6.45, 7) is 9.90. The van der Waals surface area contributed by atoms with Crippen LogP contribution in [0.1, 0.15) is 58.4 Å². The number of imidazole rings is 1. The molecule has 4 rings (SSSR count). The third-order valence-electron chi connectivity index (χ3n) is 6.45. The number of H-pyrrole nitrogens is 1. The molecule has 1 aromatic carbocycles. The number of benzene rings is 1. The molecule has 5 heteroatoms. The number of nitrogens with zero attached hydrogens (tertiary/aromatic N) is 3.